The summed E-state index contributed by atoms with van der Waals surface area (Å²) in [5.41, 5.74) is 0. The summed E-state index contributed by atoms with van der Waals surface area (Å²) < 4.78 is 0. The highest BCUT2D eigenvalue weighted by molar-refractivity contribution is 7.99. The second-order valence-corrected chi connectivity index (χ2v) is 3.09. The quantitative estimate of drug-likeness (QED) is 0.389. The lowest BCUT2D eigenvalue weighted by Gasteiger charge is -1.94. The third-order valence-corrected chi connectivity index (χ3v) is 2.10. The molecule has 0 radical (unpaired) electrons. The topological polar surface area (TPSA) is 30.0 Å². The molecule has 0 spiro atoms. The van der Waals surface area contributed by atoms with Gasteiger partial charge in [-0.15, -0.1) is 11.8 Å². The fourth-order valence-corrected chi connectivity index (χ4v) is 1.38. The Kier molecular flexibility index (Phi) is 3.69. The van der Waals surface area contributed by atoms with E-state index >= 15 is 0 Å². The number of carbonyl (C=O) groups is 1. The average Bonchev–Trinajstić information content (AvgIpc) is 2.07. The van der Waals surface area contributed by atoms with Crippen LogP contribution >= 0.6 is 11.8 Å². The molecule has 1 aromatic heterocycles. The SMILES string of the molecule is O=CCCSc1ccccn1. The molecule has 0 aliphatic rings. The van der Waals surface area contributed by atoms with Gasteiger partial charge in [-0.2, -0.15) is 0 Å². The maximum absolute atomic E-state index is 9.96. The minimum atomic E-state index is 0.598. The van der Waals surface area contributed by atoms with Gasteiger partial charge >= 0.3 is 0 Å². The van der Waals surface area contributed by atoms with E-state index in [2.05, 4.69) is 4.98 Å². The molecule has 0 aromatic carbocycles. The summed E-state index contributed by atoms with van der Waals surface area (Å²) >= 11 is 1.60. The zero-order valence-corrected chi connectivity index (χ0v) is 6.88. The molecule has 0 amide bonds. The van der Waals surface area contributed by atoms with Crippen molar-refractivity contribution in [2.75, 3.05) is 5.75 Å². The number of rotatable bonds is 4. The molecule has 0 N–H and O–H groups in total. The molecular weight excluding hydrogens is 158 g/mol. The smallest absolute Gasteiger partial charge is 0.120 e. The van der Waals surface area contributed by atoms with Gasteiger partial charge in [0.2, 0.25) is 0 Å². The van der Waals surface area contributed by atoms with Crippen LogP contribution in [0.2, 0.25) is 0 Å². The molecule has 0 fully saturated rings. The third kappa shape index (κ3) is 3.18. The van der Waals surface area contributed by atoms with Crippen LogP contribution in [0.4, 0.5) is 0 Å². The minimum absolute atomic E-state index is 0.598. The van der Waals surface area contributed by atoms with Crippen LogP contribution in [0.15, 0.2) is 29.4 Å². The Labute approximate surface area is 70.0 Å². The van der Waals surface area contributed by atoms with Crippen molar-refractivity contribution in [3.63, 3.8) is 0 Å². The van der Waals surface area contributed by atoms with Crippen molar-refractivity contribution in [1.82, 2.24) is 4.98 Å². The Balaban J connectivity index is 2.33. The molecule has 0 saturated heterocycles. The van der Waals surface area contributed by atoms with E-state index in [9.17, 15) is 4.79 Å². The Morgan fingerprint density at radius 2 is 2.45 bits per heavy atom. The molecule has 0 aliphatic carbocycles. The molecule has 2 nitrogen and oxygen atoms in total. The Bertz CT molecular complexity index is 213. The minimum Gasteiger partial charge on any atom is -0.303 e. The van der Waals surface area contributed by atoms with Gasteiger partial charge in [-0.25, -0.2) is 4.98 Å². The third-order valence-electron chi connectivity index (χ3n) is 1.12. The summed E-state index contributed by atoms with van der Waals surface area (Å²) in [6.45, 7) is 0. The first kappa shape index (κ1) is 8.27. The molecule has 1 aromatic rings. The van der Waals surface area contributed by atoms with Crippen molar-refractivity contribution in [3.8, 4) is 0 Å². The fraction of sp³-hybridized carbons (Fsp3) is 0.250. The van der Waals surface area contributed by atoms with Gasteiger partial charge in [-0.3, -0.25) is 0 Å². The molecule has 0 unspecified atom stereocenters. The van der Waals surface area contributed by atoms with Crippen molar-refractivity contribution < 1.29 is 4.79 Å². The van der Waals surface area contributed by atoms with E-state index in [-0.39, 0.29) is 0 Å². The second kappa shape index (κ2) is 4.91. The van der Waals surface area contributed by atoms with E-state index in [4.69, 9.17) is 0 Å². The first-order valence-electron chi connectivity index (χ1n) is 3.41. The van der Waals surface area contributed by atoms with E-state index in [0.29, 0.717) is 6.42 Å². The monoisotopic (exact) mass is 167 g/mol. The van der Waals surface area contributed by atoms with Crippen molar-refractivity contribution in [3.05, 3.63) is 24.4 Å². The standard InChI is InChI=1S/C8H9NOS/c10-6-3-7-11-8-4-1-2-5-9-8/h1-2,4-6H,3,7H2. The van der Waals surface area contributed by atoms with E-state index in [1.165, 1.54) is 0 Å². The highest BCUT2D eigenvalue weighted by Gasteiger charge is 1.91. The number of hydrogen-bond acceptors (Lipinski definition) is 3. The van der Waals surface area contributed by atoms with Crippen LogP contribution in [-0.2, 0) is 4.79 Å². The molecular formula is C8H9NOS. The summed E-state index contributed by atoms with van der Waals surface area (Å²) in [4.78, 5) is 14.1. The summed E-state index contributed by atoms with van der Waals surface area (Å²) in [5.74, 6) is 0.820. The molecule has 3 heteroatoms. The van der Waals surface area contributed by atoms with Gasteiger partial charge < -0.3 is 4.79 Å². The van der Waals surface area contributed by atoms with E-state index < -0.39 is 0 Å². The molecule has 0 bridgehead atoms. The number of thioether (sulfide) groups is 1. The van der Waals surface area contributed by atoms with Crippen LogP contribution < -0.4 is 0 Å². The highest BCUT2D eigenvalue weighted by Crippen LogP contribution is 2.13. The van der Waals surface area contributed by atoms with Crippen LogP contribution in [0.1, 0.15) is 6.42 Å². The Morgan fingerprint density at radius 3 is 3.09 bits per heavy atom. The highest BCUT2D eigenvalue weighted by atomic mass is 32.2. The Hall–Kier alpha value is -0.830. The first-order chi connectivity index (χ1) is 5.43. The van der Waals surface area contributed by atoms with Gasteiger partial charge in [0.05, 0.1) is 5.03 Å². The molecule has 0 atom stereocenters. The van der Waals surface area contributed by atoms with Crippen LogP contribution in [0.25, 0.3) is 0 Å². The summed E-state index contributed by atoms with van der Waals surface area (Å²) in [7, 11) is 0. The van der Waals surface area contributed by atoms with Crippen molar-refractivity contribution in [2.45, 2.75) is 11.4 Å². The number of hydrogen-bond donors (Lipinski definition) is 0. The second-order valence-electron chi connectivity index (χ2n) is 1.97. The number of aldehydes is 1. The number of aromatic nitrogens is 1. The van der Waals surface area contributed by atoms with Gasteiger partial charge in [0, 0.05) is 18.4 Å². The molecule has 11 heavy (non-hydrogen) atoms. The van der Waals surface area contributed by atoms with E-state index in [1.807, 2.05) is 18.2 Å². The molecule has 0 saturated carbocycles. The number of pyridine rings is 1. The lowest BCUT2D eigenvalue weighted by molar-refractivity contribution is -0.107. The van der Waals surface area contributed by atoms with Gasteiger partial charge in [-0.1, -0.05) is 6.07 Å². The summed E-state index contributed by atoms with van der Waals surface area (Å²) in [6, 6.07) is 5.76. The lowest BCUT2D eigenvalue weighted by Crippen LogP contribution is -1.82. The van der Waals surface area contributed by atoms with Crippen LogP contribution in [0.3, 0.4) is 0 Å². The predicted octanol–water partition coefficient (Wildman–Crippen LogP) is 1.76. The maximum atomic E-state index is 9.96. The van der Waals surface area contributed by atoms with E-state index in [0.717, 1.165) is 17.1 Å². The van der Waals surface area contributed by atoms with Crippen molar-refractivity contribution in [1.29, 1.82) is 0 Å². The predicted molar refractivity (Wildman–Crippen MR) is 45.6 cm³/mol. The van der Waals surface area contributed by atoms with E-state index in [1.54, 1.807) is 18.0 Å². The molecule has 58 valence electrons. The van der Waals surface area contributed by atoms with Crippen molar-refractivity contribution >= 4 is 18.0 Å². The maximum Gasteiger partial charge on any atom is 0.120 e. The van der Waals surface area contributed by atoms with Crippen LogP contribution in [0, 0.1) is 0 Å². The first-order valence-corrected chi connectivity index (χ1v) is 4.39. The molecule has 0 aliphatic heterocycles. The van der Waals surface area contributed by atoms with Gasteiger partial charge in [0.25, 0.3) is 0 Å². The number of carbonyl (C=O) groups excluding carboxylic acids is 1. The molecule has 1 heterocycles. The van der Waals surface area contributed by atoms with Crippen LogP contribution in [-0.4, -0.2) is 17.0 Å². The van der Waals surface area contributed by atoms with Crippen molar-refractivity contribution in [2.24, 2.45) is 0 Å². The lowest BCUT2D eigenvalue weighted by atomic mass is 10.5. The molecule has 1 rings (SSSR count). The summed E-state index contributed by atoms with van der Waals surface area (Å²) in [6.07, 6.45) is 3.28. The zero-order chi connectivity index (χ0) is 7.94. The van der Waals surface area contributed by atoms with Gasteiger partial charge in [0.1, 0.15) is 6.29 Å². The Morgan fingerprint density at radius 1 is 1.55 bits per heavy atom. The normalized spacial score (nSPS) is 9.45. The number of nitrogens with zero attached hydrogens (tertiary/aromatic N) is 1. The average molecular weight is 167 g/mol. The van der Waals surface area contributed by atoms with Gasteiger partial charge in [0.15, 0.2) is 0 Å². The summed E-state index contributed by atoms with van der Waals surface area (Å²) in [5, 5.41) is 0.981. The fourth-order valence-electron chi connectivity index (χ4n) is 0.644. The van der Waals surface area contributed by atoms with Gasteiger partial charge in [-0.05, 0) is 12.1 Å². The van der Waals surface area contributed by atoms with Crippen LogP contribution in [0.5, 0.6) is 0 Å². The zero-order valence-electron chi connectivity index (χ0n) is 6.06. The largest absolute Gasteiger partial charge is 0.303 e.